The maximum absolute atomic E-state index is 12.5. The Bertz CT molecular complexity index is 1280. The van der Waals surface area contributed by atoms with E-state index in [-0.39, 0.29) is 5.52 Å². The molecular weight excluding hydrogens is 433 g/mol. The molecule has 2 aromatic carbocycles. The summed E-state index contributed by atoms with van der Waals surface area (Å²) in [4.78, 5) is 8.50. The topological polar surface area (TPSA) is 111 Å². The summed E-state index contributed by atoms with van der Waals surface area (Å²) < 4.78 is 43.0. The molecule has 0 unspecified atom stereocenters. The second-order valence-corrected chi connectivity index (χ2v) is 7.25. The molecule has 2 aromatic heterocycles. The number of hydrogen-bond acceptors (Lipinski definition) is 7. The van der Waals surface area contributed by atoms with E-state index in [1.807, 2.05) is 38.1 Å². The molecule has 33 heavy (non-hydrogen) atoms. The molecule has 0 radical (unpaired) electrons. The first-order valence-electron chi connectivity index (χ1n) is 10.1. The summed E-state index contributed by atoms with van der Waals surface area (Å²) in [6.45, 7) is 6.24. The lowest BCUT2D eigenvalue weighted by Gasteiger charge is -2.10. The van der Waals surface area contributed by atoms with Gasteiger partial charge >= 0.3 is 6.18 Å². The fourth-order valence-corrected chi connectivity index (χ4v) is 3.37. The van der Waals surface area contributed by atoms with Crippen LogP contribution in [0.4, 0.5) is 24.5 Å². The fraction of sp³-hybridized carbons (Fsp3) is 0.217. The van der Waals surface area contributed by atoms with E-state index >= 15 is 0 Å². The van der Waals surface area contributed by atoms with Crippen LogP contribution >= 0.6 is 0 Å². The molecule has 2 heterocycles. The number of nitrogens with one attached hydrogen (secondary N) is 2. The predicted molar refractivity (Wildman–Crippen MR) is 125 cm³/mol. The Kier molecular flexibility index (Phi) is 7.19. The van der Waals surface area contributed by atoms with Gasteiger partial charge in [-0.2, -0.15) is 13.2 Å². The molecule has 0 aliphatic rings. The van der Waals surface area contributed by atoms with Crippen molar-refractivity contribution >= 4 is 33.2 Å². The smallest absolute Gasteiger partial charge is 0.416 e. The first-order valence-corrected chi connectivity index (χ1v) is 10.1. The first kappa shape index (κ1) is 24.0. The zero-order valence-electron chi connectivity index (χ0n) is 18.4. The molecule has 0 amide bonds. The number of aromatic nitrogens is 2. The number of nitrogen functional groups attached to an aromatic ring is 2. The van der Waals surface area contributed by atoms with Gasteiger partial charge in [0, 0.05) is 22.2 Å². The molecule has 0 aliphatic carbocycles. The van der Waals surface area contributed by atoms with Crippen LogP contribution in [0.1, 0.15) is 23.9 Å². The van der Waals surface area contributed by atoms with Crippen molar-refractivity contribution in [2.45, 2.75) is 26.9 Å². The number of aryl methyl sites for hydroxylation is 2. The molecule has 0 atom stereocenters. The van der Waals surface area contributed by atoms with Crippen LogP contribution in [-0.4, -0.2) is 16.6 Å². The minimum Gasteiger partial charge on any atom is -0.494 e. The van der Waals surface area contributed by atoms with Gasteiger partial charge in [0.15, 0.2) is 0 Å². The normalized spacial score (nSPS) is 11.2. The molecular formula is C23H25F3N6O. The molecule has 0 fully saturated rings. The van der Waals surface area contributed by atoms with Crippen molar-refractivity contribution in [2.24, 2.45) is 11.7 Å². The second-order valence-electron chi connectivity index (χ2n) is 7.25. The number of halogens is 3. The number of anilines is 2. The molecule has 0 spiro atoms. The molecule has 4 rings (SSSR count). The highest BCUT2D eigenvalue weighted by Crippen LogP contribution is 2.32. The SMILES string of the molecule is CCOc1ccc2nc(C)cc(NN)c2c1.Cc1cc(NN)c2ccc(C(F)(F)F)cc2n1. The molecule has 7 nitrogen and oxygen atoms in total. The minimum absolute atomic E-state index is 0.271. The summed E-state index contributed by atoms with van der Waals surface area (Å²) in [5, 5.41) is 1.53. The van der Waals surface area contributed by atoms with Crippen molar-refractivity contribution in [3.8, 4) is 5.75 Å². The number of rotatable bonds is 4. The van der Waals surface area contributed by atoms with Gasteiger partial charge in [-0.1, -0.05) is 6.07 Å². The van der Waals surface area contributed by atoms with Crippen molar-refractivity contribution in [3.05, 3.63) is 65.5 Å². The van der Waals surface area contributed by atoms with Crippen molar-refractivity contribution in [1.29, 1.82) is 0 Å². The van der Waals surface area contributed by atoms with Gasteiger partial charge in [-0.05, 0) is 63.2 Å². The highest BCUT2D eigenvalue weighted by Gasteiger charge is 2.30. The second kappa shape index (κ2) is 9.88. The lowest BCUT2D eigenvalue weighted by Crippen LogP contribution is -2.09. The van der Waals surface area contributed by atoms with Crippen LogP contribution in [0.5, 0.6) is 5.75 Å². The van der Waals surface area contributed by atoms with Crippen LogP contribution in [0, 0.1) is 13.8 Å². The van der Waals surface area contributed by atoms with Gasteiger partial charge in [0.05, 0.1) is 34.6 Å². The highest BCUT2D eigenvalue weighted by atomic mass is 19.4. The van der Waals surface area contributed by atoms with E-state index in [0.29, 0.717) is 23.4 Å². The molecule has 174 valence electrons. The Labute approximate surface area is 188 Å². The zero-order chi connectivity index (χ0) is 24.2. The molecule has 0 aliphatic heterocycles. The van der Waals surface area contributed by atoms with Crippen LogP contribution < -0.4 is 27.3 Å². The first-order chi connectivity index (χ1) is 15.7. The van der Waals surface area contributed by atoms with Crippen LogP contribution in [0.2, 0.25) is 0 Å². The van der Waals surface area contributed by atoms with E-state index in [1.165, 1.54) is 6.07 Å². The average molecular weight is 458 g/mol. The molecule has 0 bridgehead atoms. The summed E-state index contributed by atoms with van der Waals surface area (Å²) in [5.41, 5.74) is 8.56. The number of alkyl halides is 3. The predicted octanol–water partition coefficient (Wildman–Crippen LogP) is 5.08. The van der Waals surface area contributed by atoms with Crippen molar-refractivity contribution in [3.63, 3.8) is 0 Å². The lowest BCUT2D eigenvalue weighted by molar-refractivity contribution is -0.137. The van der Waals surface area contributed by atoms with Gasteiger partial charge in [0.1, 0.15) is 5.75 Å². The van der Waals surface area contributed by atoms with E-state index in [4.69, 9.17) is 16.4 Å². The average Bonchev–Trinajstić information content (AvgIpc) is 2.77. The number of fused-ring (bicyclic) bond motifs is 2. The Morgan fingerprint density at radius 1 is 0.818 bits per heavy atom. The number of ether oxygens (including phenoxy) is 1. The number of benzene rings is 2. The Morgan fingerprint density at radius 3 is 2.00 bits per heavy atom. The van der Waals surface area contributed by atoms with Crippen LogP contribution in [0.15, 0.2) is 48.5 Å². The maximum atomic E-state index is 12.5. The van der Waals surface area contributed by atoms with E-state index in [9.17, 15) is 13.2 Å². The Morgan fingerprint density at radius 2 is 1.42 bits per heavy atom. The van der Waals surface area contributed by atoms with E-state index in [0.717, 1.165) is 40.2 Å². The zero-order valence-corrected chi connectivity index (χ0v) is 18.4. The van der Waals surface area contributed by atoms with Crippen molar-refractivity contribution < 1.29 is 17.9 Å². The molecule has 6 N–H and O–H groups in total. The minimum atomic E-state index is -4.37. The standard InChI is InChI=1S/C12H15N3O.C11H10F3N3/c1-3-16-9-4-5-11-10(7-9)12(15-13)6-8(2)14-11;1-6-4-10(17-15)8-3-2-7(11(12,13)14)5-9(8)16-6/h4-7H,3,13H2,1-2H3,(H,14,15);2-5H,15H2,1H3,(H,16,17). The molecule has 0 saturated carbocycles. The maximum Gasteiger partial charge on any atom is 0.416 e. The third-order valence-electron chi connectivity index (χ3n) is 4.80. The van der Waals surface area contributed by atoms with Crippen molar-refractivity contribution in [2.75, 3.05) is 17.5 Å². The van der Waals surface area contributed by atoms with E-state index in [1.54, 1.807) is 13.0 Å². The number of nitrogens with zero attached hydrogens (tertiary/aromatic N) is 2. The quantitative estimate of drug-likeness (QED) is 0.249. The largest absolute Gasteiger partial charge is 0.494 e. The summed E-state index contributed by atoms with van der Waals surface area (Å²) in [7, 11) is 0. The number of pyridine rings is 2. The number of nitrogens with two attached hydrogens (primary N) is 2. The third kappa shape index (κ3) is 5.60. The van der Waals surface area contributed by atoms with Gasteiger partial charge in [-0.3, -0.25) is 21.7 Å². The van der Waals surface area contributed by atoms with Gasteiger partial charge in [0.25, 0.3) is 0 Å². The highest BCUT2D eigenvalue weighted by molar-refractivity contribution is 5.92. The van der Waals surface area contributed by atoms with Crippen LogP contribution in [-0.2, 0) is 6.18 Å². The molecule has 4 aromatic rings. The van der Waals surface area contributed by atoms with Gasteiger partial charge in [-0.15, -0.1) is 0 Å². The van der Waals surface area contributed by atoms with Gasteiger partial charge in [-0.25, -0.2) is 0 Å². The summed E-state index contributed by atoms with van der Waals surface area (Å²) in [5.74, 6) is 11.6. The summed E-state index contributed by atoms with van der Waals surface area (Å²) in [6.07, 6.45) is -4.37. The third-order valence-corrected chi connectivity index (χ3v) is 4.80. The Balaban J connectivity index is 0.000000186. The number of hydrazine groups is 2. The Hall–Kier alpha value is -3.63. The van der Waals surface area contributed by atoms with Gasteiger partial charge in [0.2, 0.25) is 0 Å². The summed E-state index contributed by atoms with van der Waals surface area (Å²) >= 11 is 0. The monoisotopic (exact) mass is 458 g/mol. The molecule has 10 heteroatoms. The molecule has 0 saturated heterocycles. The summed E-state index contributed by atoms with van der Waals surface area (Å²) in [6, 6.07) is 12.8. The fourth-order valence-electron chi connectivity index (χ4n) is 3.37. The number of hydrogen-bond donors (Lipinski definition) is 4. The lowest BCUT2D eigenvalue weighted by atomic mass is 10.1. The van der Waals surface area contributed by atoms with Crippen LogP contribution in [0.3, 0.4) is 0 Å². The van der Waals surface area contributed by atoms with E-state index in [2.05, 4.69) is 20.8 Å². The van der Waals surface area contributed by atoms with Crippen LogP contribution in [0.25, 0.3) is 21.8 Å². The van der Waals surface area contributed by atoms with Crippen molar-refractivity contribution in [1.82, 2.24) is 9.97 Å². The van der Waals surface area contributed by atoms with E-state index < -0.39 is 11.7 Å². The van der Waals surface area contributed by atoms with Gasteiger partial charge < -0.3 is 15.6 Å².